The van der Waals surface area contributed by atoms with Crippen molar-refractivity contribution in [2.24, 2.45) is 22.7 Å². The van der Waals surface area contributed by atoms with E-state index in [1.807, 2.05) is 0 Å². The summed E-state index contributed by atoms with van der Waals surface area (Å²) in [6, 6.07) is 0.288. The van der Waals surface area contributed by atoms with Crippen molar-refractivity contribution in [3.63, 3.8) is 0 Å². The number of nitrogens with zero attached hydrogens (tertiary/aromatic N) is 1. The topological polar surface area (TPSA) is 59.6 Å². The third kappa shape index (κ3) is 2.96. The quantitative estimate of drug-likeness (QED) is 0.301. The average Bonchev–Trinajstić information content (AvgIpc) is 2.15. The van der Waals surface area contributed by atoms with Gasteiger partial charge in [-0.15, -0.1) is 0 Å². The normalized spacial score (nSPS) is 29.4. The van der Waals surface area contributed by atoms with E-state index in [0.29, 0.717) is 11.8 Å². The predicted octanol–water partition coefficient (Wildman–Crippen LogP) is 0.929. The number of nitrogens with one attached hydrogen (secondary N) is 1. The van der Waals surface area contributed by atoms with Crippen LogP contribution in [0.15, 0.2) is 4.99 Å². The monoisotopic (exact) mass is 199 g/mol. The summed E-state index contributed by atoms with van der Waals surface area (Å²) in [5.74, 6) is 7.34. The number of rotatable bonds is 2. The molecule has 1 saturated heterocycles. The maximum atomic E-state index is 5.49. The number of hydrogen-bond acceptors (Lipinski definition) is 3. The molecule has 1 aliphatic heterocycles. The number of amidine groups is 1. The maximum absolute atomic E-state index is 5.49. The molecular weight excluding hydrogens is 178 g/mol. The number of ether oxygens (including phenoxy) is 1. The molecule has 3 N–H and O–H groups in total. The molecule has 0 aromatic carbocycles. The molecule has 82 valence electrons. The molecular formula is C10H21N3O. The molecule has 14 heavy (non-hydrogen) atoms. The highest BCUT2D eigenvalue weighted by molar-refractivity contribution is 5.84. The van der Waals surface area contributed by atoms with Gasteiger partial charge in [-0.3, -0.25) is 4.99 Å². The van der Waals surface area contributed by atoms with Crippen LogP contribution in [-0.2, 0) is 4.74 Å². The molecule has 0 saturated carbocycles. The van der Waals surface area contributed by atoms with Crippen molar-refractivity contribution in [1.82, 2.24) is 5.43 Å². The first kappa shape index (κ1) is 11.5. The van der Waals surface area contributed by atoms with Gasteiger partial charge in [0.05, 0.1) is 0 Å². The predicted molar refractivity (Wildman–Crippen MR) is 58.0 cm³/mol. The van der Waals surface area contributed by atoms with E-state index in [2.05, 4.69) is 31.2 Å². The van der Waals surface area contributed by atoms with Crippen LogP contribution in [0.1, 0.15) is 27.2 Å². The number of aliphatic imine (C=N–C) groups is 1. The van der Waals surface area contributed by atoms with Gasteiger partial charge in [0.1, 0.15) is 5.84 Å². The van der Waals surface area contributed by atoms with E-state index in [0.717, 1.165) is 25.5 Å². The van der Waals surface area contributed by atoms with Crippen LogP contribution in [0.3, 0.4) is 0 Å². The first-order valence-electron chi connectivity index (χ1n) is 5.27. The van der Waals surface area contributed by atoms with E-state index < -0.39 is 0 Å². The number of hydrazine groups is 1. The summed E-state index contributed by atoms with van der Waals surface area (Å²) in [6.07, 6.45) is 1.01. The van der Waals surface area contributed by atoms with Gasteiger partial charge < -0.3 is 10.2 Å². The van der Waals surface area contributed by atoms with Crippen LogP contribution >= 0.6 is 0 Å². The lowest BCUT2D eigenvalue weighted by atomic mass is 9.89. The van der Waals surface area contributed by atoms with E-state index in [4.69, 9.17) is 10.6 Å². The number of hydrogen-bond donors (Lipinski definition) is 2. The van der Waals surface area contributed by atoms with Crippen molar-refractivity contribution < 1.29 is 4.74 Å². The van der Waals surface area contributed by atoms with Crippen molar-refractivity contribution >= 4 is 5.84 Å². The fraction of sp³-hybridized carbons (Fsp3) is 0.900. The first-order valence-corrected chi connectivity index (χ1v) is 5.27. The van der Waals surface area contributed by atoms with Crippen molar-refractivity contribution in [2.45, 2.75) is 33.2 Å². The molecule has 2 atom stereocenters. The van der Waals surface area contributed by atoms with Crippen molar-refractivity contribution in [1.29, 1.82) is 0 Å². The molecule has 0 aromatic heterocycles. The largest absolute Gasteiger partial charge is 0.381 e. The molecule has 0 amide bonds. The Labute approximate surface area is 85.9 Å². The highest BCUT2D eigenvalue weighted by Gasteiger charge is 2.26. The zero-order valence-electron chi connectivity index (χ0n) is 9.29. The molecule has 0 bridgehead atoms. The van der Waals surface area contributed by atoms with Gasteiger partial charge in [-0.25, -0.2) is 5.84 Å². The van der Waals surface area contributed by atoms with Crippen LogP contribution in [0.5, 0.6) is 0 Å². The second-order valence-electron chi connectivity index (χ2n) is 4.20. The Bertz CT molecular complexity index is 204. The van der Waals surface area contributed by atoms with E-state index in [-0.39, 0.29) is 6.04 Å². The average molecular weight is 199 g/mol. The summed E-state index contributed by atoms with van der Waals surface area (Å²) in [5, 5.41) is 0. The van der Waals surface area contributed by atoms with E-state index in [9.17, 15) is 0 Å². The van der Waals surface area contributed by atoms with Gasteiger partial charge in [0.25, 0.3) is 0 Å². The minimum Gasteiger partial charge on any atom is -0.381 e. The standard InChI is InChI=1S/C10H21N3O/c1-7(2)12-10(13-11)9-4-5-14-6-8(9)3/h7-9H,4-6,11H2,1-3H3,(H,12,13). The van der Waals surface area contributed by atoms with E-state index >= 15 is 0 Å². The van der Waals surface area contributed by atoms with E-state index in [1.165, 1.54) is 0 Å². The SMILES string of the molecule is CC(C)N=C(NN)C1CCOCC1C. The Kier molecular flexibility index (Phi) is 4.35. The maximum Gasteiger partial charge on any atom is 0.114 e. The molecule has 0 spiro atoms. The van der Waals surface area contributed by atoms with Gasteiger partial charge in [-0.05, 0) is 26.2 Å². The Morgan fingerprint density at radius 2 is 2.29 bits per heavy atom. The molecule has 1 fully saturated rings. The lowest BCUT2D eigenvalue weighted by Gasteiger charge is -2.29. The van der Waals surface area contributed by atoms with Gasteiger partial charge in [-0.1, -0.05) is 6.92 Å². The zero-order chi connectivity index (χ0) is 10.6. The van der Waals surface area contributed by atoms with Gasteiger partial charge >= 0.3 is 0 Å². The van der Waals surface area contributed by atoms with Gasteiger partial charge in [-0.2, -0.15) is 0 Å². The molecule has 1 aliphatic rings. The molecule has 0 aromatic rings. The molecule has 1 heterocycles. The minimum atomic E-state index is 0.288. The Hall–Kier alpha value is -0.610. The number of nitrogens with two attached hydrogens (primary N) is 1. The summed E-state index contributed by atoms with van der Waals surface area (Å²) in [4.78, 5) is 4.49. The van der Waals surface area contributed by atoms with Crippen molar-refractivity contribution in [3.8, 4) is 0 Å². The third-order valence-corrected chi connectivity index (χ3v) is 2.54. The summed E-state index contributed by atoms with van der Waals surface area (Å²) >= 11 is 0. The first-order chi connectivity index (χ1) is 6.65. The molecule has 2 unspecified atom stereocenters. The van der Waals surface area contributed by atoms with Crippen LogP contribution in [0.2, 0.25) is 0 Å². The van der Waals surface area contributed by atoms with Crippen LogP contribution in [-0.4, -0.2) is 25.1 Å². The van der Waals surface area contributed by atoms with Crippen LogP contribution in [0, 0.1) is 11.8 Å². The van der Waals surface area contributed by atoms with Crippen molar-refractivity contribution in [2.75, 3.05) is 13.2 Å². The summed E-state index contributed by atoms with van der Waals surface area (Å²) < 4.78 is 5.39. The lowest BCUT2D eigenvalue weighted by molar-refractivity contribution is 0.0429. The molecule has 0 aliphatic carbocycles. The Balaban J connectivity index is 2.67. The Morgan fingerprint density at radius 3 is 2.79 bits per heavy atom. The molecule has 1 rings (SSSR count). The Morgan fingerprint density at radius 1 is 1.57 bits per heavy atom. The zero-order valence-corrected chi connectivity index (χ0v) is 9.29. The van der Waals surface area contributed by atoms with Gasteiger partial charge in [0.2, 0.25) is 0 Å². The van der Waals surface area contributed by atoms with Crippen LogP contribution in [0.4, 0.5) is 0 Å². The van der Waals surface area contributed by atoms with Crippen LogP contribution in [0.25, 0.3) is 0 Å². The highest BCUT2D eigenvalue weighted by atomic mass is 16.5. The summed E-state index contributed by atoms with van der Waals surface area (Å²) in [6.45, 7) is 7.91. The molecule has 0 radical (unpaired) electrons. The van der Waals surface area contributed by atoms with Crippen LogP contribution < -0.4 is 11.3 Å². The molecule has 4 nitrogen and oxygen atoms in total. The smallest absolute Gasteiger partial charge is 0.114 e. The minimum absolute atomic E-state index is 0.288. The third-order valence-electron chi connectivity index (χ3n) is 2.54. The fourth-order valence-corrected chi connectivity index (χ4v) is 1.80. The van der Waals surface area contributed by atoms with Crippen molar-refractivity contribution in [3.05, 3.63) is 0 Å². The lowest BCUT2D eigenvalue weighted by Crippen LogP contribution is -2.42. The van der Waals surface area contributed by atoms with E-state index in [1.54, 1.807) is 0 Å². The van der Waals surface area contributed by atoms with Gasteiger partial charge in [0, 0.05) is 25.2 Å². The van der Waals surface area contributed by atoms with Gasteiger partial charge in [0.15, 0.2) is 0 Å². The summed E-state index contributed by atoms with van der Waals surface area (Å²) in [7, 11) is 0. The fourth-order valence-electron chi connectivity index (χ4n) is 1.80. The second-order valence-corrected chi connectivity index (χ2v) is 4.20. The second kappa shape index (κ2) is 5.32. The summed E-state index contributed by atoms with van der Waals surface area (Å²) in [5.41, 5.74) is 2.73. The molecule has 4 heteroatoms. The highest BCUT2D eigenvalue weighted by Crippen LogP contribution is 2.22.